The molecule has 5 N–H and O–H groups in total. The van der Waals surface area contributed by atoms with Crippen LogP contribution in [0.3, 0.4) is 0 Å². The van der Waals surface area contributed by atoms with Crippen LogP contribution in [0, 0.1) is 0 Å². The highest BCUT2D eigenvalue weighted by Crippen LogP contribution is 2.09. The number of hydrogen-bond donors (Lipinski definition) is 3. The molecule has 0 aromatic heterocycles. The average molecular weight is 740 g/mol. The van der Waals surface area contributed by atoms with E-state index in [0.29, 0.717) is 0 Å². The Labute approximate surface area is 269 Å². The molecule has 0 saturated carbocycles. The van der Waals surface area contributed by atoms with Crippen molar-refractivity contribution in [1.82, 2.24) is 4.72 Å². The monoisotopic (exact) mass is 739 g/mol. The molecule has 0 aromatic rings. The highest BCUT2D eigenvalue weighted by atomic mass is 32.2. The number of carbonyl (C=O) groups excluding carboxylic acids is 2. The SMILES string of the molecule is CC1=CC(=O)CS(=O)(=O)O1.CC1=CC(=O)NS(=O)(=O)O1.CC[NH+](CC)CC.CC[NH+](CC)CC.O.O=S([O-])O[O-].O=S([O-])O[O-]. The molecule has 0 spiro atoms. The molecular formula is C21H45N3O17S4-2. The number of rotatable bonds is 8. The molecule has 45 heavy (non-hydrogen) atoms. The lowest BCUT2D eigenvalue weighted by Crippen LogP contribution is -3.11. The zero-order chi connectivity index (χ0) is 35.5. The molecule has 0 aliphatic carbocycles. The summed E-state index contributed by atoms with van der Waals surface area (Å²) in [6.45, 7) is 23.8. The first-order chi connectivity index (χ1) is 20.2. The highest BCUT2D eigenvalue weighted by Gasteiger charge is 2.22. The molecular weight excluding hydrogens is 695 g/mol. The van der Waals surface area contributed by atoms with Crippen LogP contribution in [0.5, 0.6) is 0 Å². The summed E-state index contributed by atoms with van der Waals surface area (Å²) in [4.78, 5) is 24.4. The normalized spacial score (nSPS) is 16.7. The average Bonchev–Trinajstić information content (AvgIpc) is 2.89. The van der Waals surface area contributed by atoms with Gasteiger partial charge in [-0.25, -0.2) is 13.1 Å². The largest absolute Gasteiger partial charge is 0.750 e. The molecule has 0 aromatic carbocycles. The Hall–Kier alpha value is -1.94. The Balaban J connectivity index is -0.000000145. The number of amides is 1. The number of carbonyl (C=O) groups is 2. The minimum Gasteiger partial charge on any atom is -0.750 e. The summed E-state index contributed by atoms with van der Waals surface area (Å²) >= 11 is -5.76. The minimum atomic E-state index is -3.85. The van der Waals surface area contributed by atoms with Crippen LogP contribution in [0.15, 0.2) is 23.7 Å². The molecule has 24 heteroatoms. The van der Waals surface area contributed by atoms with Gasteiger partial charge >= 0.3 is 20.4 Å². The fraction of sp³-hybridized carbons (Fsp3) is 0.714. The standard InChI is InChI=1S/2C6H15N.C5H6O4S.C4H5NO4S.2H2O4S.H2O/c2*1-4-7(5-2)6-3;1-4-2-5(6)3-10(7,8)9-4;1-3-2-4(6)5-10(7,8)9-3;2*1-4-5(2)3;/h2*4-6H2,1-3H3;2H,3H2,1H3;2H,1H3,(H,5,6);2*1H,(H,2,3);1H2/p-2. The van der Waals surface area contributed by atoms with Crippen molar-refractivity contribution in [3.8, 4) is 0 Å². The van der Waals surface area contributed by atoms with Crippen molar-refractivity contribution in [2.24, 2.45) is 0 Å². The van der Waals surface area contributed by atoms with Crippen molar-refractivity contribution in [3.05, 3.63) is 23.7 Å². The number of hydrogen-bond acceptors (Lipinski definition) is 16. The van der Waals surface area contributed by atoms with Gasteiger partial charge in [0.15, 0.2) is 5.78 Å². The smallest absolute Gasteiger partial charge is 0.409 e. The molecule has 0 bridgehead atoms. The third kappa shape index (κ3) is 38.2. The molecule has 0 radical (unpaired) electrons. The van der Waals surface area contributed by atoms with Crippen LogP contribution in [-0.2, 0) is 69.8 Å². The summed E-state index contributed by atoms with van der Waals surface area (Å²) in [6, 6.07) is 0. The second-order valence-corrected chi connectivity index (χ2v) is 11.9. The number of quaternary nitrogens is 2. The van der Waals surface area contributed by atoms with Gasteiger partial charge in [0.2, 0.25) is 0 Å². The lowest BCUT2D eigenvalue weighted by molar-refractivity contribution is -0.894. The first-order valence-corrected chi connectivity index (χ1v) is 17.8. The van der Waals surface area contributed by atoms with Crippen LogP contribution < -0.4 is 25.0 Å². The third-order valence-corrected chi connectivity index (χ3v) is 7.16. The fourth-order valence-electron chi connectivity index (χ4n) is 2.75. The van der Waals surface area contributed by atoms with E-state index in [4.69, 9.17) is 28.0 Å². The fourth-order valence-corrected chi connectivity index (χ4v) is 4.43. The van der Waals surface area contributed by atoms with Crippen molar-refractivity contribution in [3.63, 3.8) is 0 Å². The molecule has 2 rings (SSSR count). The molecule has 2 aliphatic heterocycles. The van der Waals surface area contributed by atoms with Gasteiger partial charge < -0.3 is 51.9 Å². The Morgan fingerprint density at radius 2 is 1.07 bits per heavy atom. The van der Waals surface area contributed by atoms with E-state index in [0.717, 1.165) is 6.08 Å². The van der Waals surface area contributed by atoms with E-state index < -0.39 is 60.6 Å². The predicted octanol–water partition coefficient (Wildman–Crippen LogP) is -5.72. The number of nitrogens with one attached hydrogen (secondary N) is 3. The van der Waals surface area contributed by atoms with Gasteiger partial charge in [-0.05, 0) is 55.4 Å². The van der Waals surface area contributed by atoms with Gasteiger partial charge in [-0.2, -0.15) is 16.8 Å². The maximum atomic E-state index is 10.6. The van der Waals surface area contributed by atoms with Crippen molar-refractivity contribution in [1.29, 1.82) is 0 Å². The van der Waals surface area contributed by atoms with Gasteiger partial charge in [-0.1, -0.05) is 0 Å². The second kappa shape index (κ2) is 30.7. The van der Waals surface area contributed by atoms with E-state index in [2.05, 4.69) is 58.6 Å². The highest BCUT2D eigenvalue weighted by molar-refractivity contribution is 7.87. The van der Waals surface area contributed by atoms with Gasteiger partial charge in [0.1, 0.15) is 17.3 Å². The van der Waals surface area contributed by atoms with E-state index >= 15 is 0 Å². The minimum absolute atomic E-state index is 0. The zero-order valence-corrected chi connectivity index (χ0v) is 29.5. The molecule has 272 valence electrons. The van der Waals surface area contributed by atoms with Gasteiger partial charge in [0.25, 0.3) is 5.91 Å². The van der Waals surface area contributed by atoms with Crippen molar-refractivity contribution in [2.75, 3.05) is 45.0 Å². The molecule has 20 nitrogen and oxygen atoms in total. The van der Waals surface area contributed by atoms with Crippen LogP contribution >= 0.6 is 0 Å². The van der Waals surface area contributed by atoms with E-state index in [-0.39, 0.29) is 17.0 Å². The van der Waals surface area contributed by atoms with E-state index in [1.165, 1.54) is 59.2 Å². The Bertz CT molecular complexity index is 1020. The number of ketones is 1. The summed E-state index contributed by atoms with van der Waals surface area (Å²) in [5.41, 5.74) is 0. The van der Waals surface area contributed by atoms with E-state index in [9.17, 15) is 26.4 Å². The predicted molar refractivity (Wildman–Crippen MR) is 154 cm³/mol. The molecule has 2 heterocycles. The van der Waals surface area contributed by atoms with Crippen LogP contribution in [0.2, 0.25) is 0 Å². The van der Waals surface area contributed by atoms with Crippen LogP contribution in [0.1, 0.15) is 55.4 Å². The molecule has 2 aliphatic rings. The van der Waals surface area contributed by atoms with Crippen LogP contribution in [0.4, 0.5) is 0 Å². The van der Waals surface area contributed by atoms with Gasteiger partial charge in [-0.15, -0.1) is 0 Å². The van der Waals surface area contributed by atoms with E-state index in [1.807, 2.05) is 0 Å². The summed E-state index contributed by atoms with van der Waals surface area (Å²) < 4.78 is 92.5. The van der Waals surface area contributed by atoms with Gasteiger partial charge in [0, 0.05) is 12.2 Å². The topological polar surface area (TPSA) is 318 Å². The quantitative estimate of drug-likeness (QED) is 0.0904. The number of allylic oxidation sites excluding steroid dienone is 3. The Morgan fingerprint density at radius 1 is 0.756 bits per heavy atom. The summed E-state index contributed by atoms with van der Waals surface area (Å²) in [5.74, 6) is -1.43. The van der Waals surface area contributed by atoms with Crippen molar-refractivity contribution < 1.29 is 86.8 Å². The molecule has 1 amide bonds. The summed E-state index contributed by atoms with van der Waals surface area (Å²) in [6.07, 6.45) is 2.22. The maximum Gasteiger partial charge on any atom is 0.409 e. The zero-order valence-electron chi connectivity index (χ0n) is 26.3. The summed E-state index contributed by atoms with van der Waals surface area (Å²) in [7, 11) is -7.45. The van der Waals surface area contributed by atoms with Crippen molar-refractivity contribution >= 4 is 54.8 Å². The first kappa shape index (κ1) is 52.6. The molecule has 0 fully saturated rings. The molecule has 2 unspecified atom stereocenters. The lowest BCUT2D eigenvalue weighted by Gasteiger charge is -2.10. The second-order valence-electron chi connectivity index (χ2n) is 7.93. The Morgan fingerprint density at radius 3 is 1.24 bits per heavy atom. The molecule has 0 saturated heterocycles. The maximum absolute atomic E-state index is 10.6. The first-order valence-electron chi connectivity index (χ1n) is 12.8. The van der Waals surface area contributed by atoms with Gasteiger partial charge in [-0.3, -0.25) is 9.59 Å². The molecule has 2 atom stereocenters. The van der Waals surface area contributed by atoms with Crippen LogP contribution in [0.25, 0.3) is 0 Å². The third-order valence-electron chi connectivity index (χ3n) is 4.85. The van der Waals surface area contributed by atoms with Gasteiger partial charge in [0.05, 0.1) is 62.0 Å². The van der Waals surface area contributed by atoms with Crippen molar-refractivity contribution in [2.45, 2.75) is 55.4 Å². The van der Waals surface area contributed by atoms with Crippen LogP contribution in [-0.4, -0.2) is 96.5 Å². The van der Waals surface area contributed by atoms with E-state index in [1.54, 1.807) is 14.5 Å². The Kier molecular flexibility index (Phi) is 35.9. The lowest BCUT2D eigenvalue weighted by atomic mass is 10.4. The summed E-state index contributed by atoms with van der Waals surface area (Å²) in [5, 5.41) is 17.0.